The largest absolute Gasteiger partial charge is 0.487 e. The Morgan fingerprint density at radius 2 is 1.56 bits per heavy atom. The van der Waals surface area contributed by atoms with E-state index in [1.807, 2.05) is 36.4 Å². The molecule has 82 valence electrons. The molecule has 0 unspecified atom stereocenters. The summed E-state index contributed by atoms with van der Waals surface area (Å²) < 4.78 is 5.68. The summed E-state index contributed by atoms with van der Waals surface area (Å²) in [4.78, 5) is 0. The highest BCUT2D eigenvalue weighted by Crippen LogP contribution is 2.29. The van der Waals surface area contributed by atoms with Crippen LogP contribution < -0.4 is 10.5 Å². The zero-order chi connectivity index (χ0) is 11.2. The van der Waals surface area contributed by atoms with Gasteiger partial charge in [0.15, 0.2) is 0 Å². The van der Waals surface area contributed by atoms with Crippen molar-refractivity contribution in [2.75, 3.05) is 13.2 Å². The predicted octanol–water partition coefficient (Wildman–Crippen LogP) is 1.97. The molecule has 2 aromatic carbocycles. The number of para-hydroxylation sites is 1. The SMILES string of the molecule is [NH3+]CCOc1ccccc1-c1ccccc1. The Balaban J connectivity index is 2.33. The fourth-order valence-electron chi connectivity index (χ4n) is 1.63. The van der Waals surface area contributed by atoms with Crippen molar-refractivity contribution in [1.29, 1.82) is 0 Å². The lowest BCUT2D eigenvalue weighted by Crippen LogP contribution is -2.52. The van der Waals surface area contributed by atoms with Crippen molar-refractivity contribution in [1.82, 2.24) is 0 Å². The van der Waals surface area contributed by atoms with Crippen LogP contribution in [0.15, 0.2) is 54.6 Å². The van der Waals surface area contributed by atoms with Gasteiger partial charge in [0.1, 0.15) is 18.9 Å². The molecule has 2 heteroatoms. The molecule has 2 rings (SSSR count). The zero-order valence-corrected chi connectivity index (χ0v) is 9.23. The van der Waals surface area contributed by atoms with E-state index in [2.05, 4.69) is 23.9 Å². The van der Waals surface area contributed by atoms with Gasteiger partial charge in [-0.3, -0.25) is 0 Å². The Kier molecular flexibility index (Phi) is 3.57. The molecular weight excluding hydrogens is 198 g/mol. The standard InChI is InChI=1S/C14H15NO/c15-10-11-16-14-9-5-4-8-13(14)12-6-2-1-3-7-12/h1-9H,10-11,15H2/p+1. The number of quaternary nitrogens is 1. The van der Waals surface area contributed by atoms with Crippen LogP contribution in [0, 0.1) is 0 Å². The Morgan fingerprint density at radius 3 is 2.31 bits per heavy atom. The molecule has 0 aliphatic rings. The summed E-state index contributed by atoms with van der Waals surface area (Å²) in [5, 5.41) is 0. The maximum Gasteiger partial charge on any atom is 0.137 e. The molecule has 0 amide bonds. The lowest BCUT2D eigenvalue weighted by molar-refractivity contribution is -0.370. The smallest absolute Gasteiger partial charge is 0.137 e. The fraction of sp³-hybridized carbons (Fsp3) is 0.143. The average Bonchev–Trinajstić information content (AvgIpc) is 2.38. The summed E-state index contributed by atoms with van der Waals surface area (Å²) >= 11 is 0. The summed E-state index contributed by atoms with van der Waals surface area (Å²) in [5.74, 6) is 0.928. The van der Waals surface area contributed by atoms with Crippen molar-refractivity contribution in [2.45, 2.75) is 0 Å². The molecule has 2 nitrogen and oxygen atoms in total. The van der Waals surface area contributed by atoms with Gasteiger partial charge in [-0.05, 0) is 11.6 Å². The van der Waals surface area contributed by atoms with Gasteiger partial charge in [-0.15, -0.1) is 0 Å². The molecule has 0 saturated carbocycles. The Bertz CT molecular complexity index is 439. The molecule has 0 bridgehead atoms. The number of ether oxygens (including phenoxy) is 1. The molecule has 0 fully saturated rings. The van der Waals surface area contributed by atoms with Gasteiger partial charge in [-0.2, -0.15) is 0 Å². The van der Waals surface area contributed by atoms with Crippen LogP contribution in [-0.4, -0.2) is 13.2 Å². The van der Waals surface area contributed by atoms with E-state index in [4.69, 9.17) is 4.74 Å². The van der Waals surface area contributed by atoms with Gasteiger partial charge in [0.25, 0.3) is 0 Å². The van der Waals surface area contributed by atoms with Crippen LogP contribution in [0.5, 0.6) is 5.75 Å². The van der Waals surface area contributed by atoms with Crippen molar-refractivity contribution in [3.63, 3.8) is 0 Å². The van der Waals surface area contributed by atoms with Gasteiger partial charge in [-0.1, -0.05) is 48.5 Å². The topological polar surface area (TPSA) is 36.9 Å². The molecule has 0 saturated heterocycles. The number of rotatable bonds is 4. The lowest BCUT2D eigenvalue weighted by Gasteiger charge is -2.09. The van der Waals surface area contributed by atoms with Crippen LogP contribution in [-0.2, 0) is 0 Å². The van der Waals surface area contributed by atoms with E-state index in [-0.39, 0.29) is 0 Å². The second-order valence-corrected chi connectivity index (χ2v) is 3.56. The molecule has 2 aromatic rings. The van der Waals surface area contributed by atoms with Crippen LogP contribution >= 0.6 is 0 Å². The van der Waals surface area contributed by atoms with E-state index in [0.29, 0.717) is 6.61 Å². The quantitative estimate of drug-likeness (QED) is 0.830. The minimum absolute atomic E-state index is 0.657. The number of hydrogen-bond donors (Lipinski definition) is 1. The highest BCUT2D eigenvalue weighted by Gasteiger charge is 2.04. The Labute approximate surface area is 95.7 Å². The van der Waals surface area contributed by atoms with E-state index >= 15 is 0 Å². The molecule has 0 radical (unpaired) electrons. The molecular formula is C14H16NO+. The lowest BCUT2D eigenvalue weighted by atomic mass is 10.1. The second-order valence-electron chi connectivity index (χ2n) is 3.56. The summed E-state index contributed by atoms with van der Waals surface area (Å²) in [6.45, 7) is 1.44. The van der Waals surface area contributed by atoms with Crippen LogP contribution in [0.4, 0.5) is 0 Å². The molecule has 0 atom stereocenters. The molecule has 0 heterocycles. The minimum atomic E-state index is 0.657. The Morgan fingerprint density at radius 1 is 0.875 bits per heavy atom. The summed E-state index contributed by atoms with van der Waals surface area (Å²) in [5.41, 5.74) is 6.10. The van der Waals surface area contributed by atoms with Crippen LogP contribution in [0.25, 0.3) is 11.1 Å². The van der Waals surface area contributed by atoms with E-state index in [9.17, 15) is 0 Å². The van der Waals surface area contributed by atoms with Crippen molar-refractivity contribution in [3.05, 3.63) is 54.6 Å². The van der Waals surface area contributed by atoms with Gasteiger partial charge in [0.05, 0.1) is 0 Å². The predicted molar refractivity (Wildman–Crippen MR) is 65.1 cm³/mol. The monoisotopic (exact) mass is 214 g/mol. The summed E-state index contributed by atoms with van der Waals surface area (Å²) in [7, 11) is 0. The first-order valence-electron chi connectivity index (χ1n) is 5.48. The van der Waals surface area contributed by atoms with Crippen molar-refractivity contribution < 1.29 is 10.5 Å². The first-order chi connectivity index (χ1) is 7.92. The molecule has 0 aliphatic heterocycles. The average molecular weight is 214 g/mol. The molecule has 0 aliphatic carbocycles. The van der Waals surface area contributed by atoms with E-state index in [1.165, 1.54) is 5.56 Å². The maximum atomic E-state index is 5.68. The minimum Gasteiger partial charge on any atom is -0.487 e. The normalized spacial score (nSPS) is 10.1. The van der Waals surface area contributed by atoms with Gasteiger partial charge < -0.3 is 10.5 Å². The van der Waals surface area contributed by atoms with Crippen LogP contribution in [0.3, 0.4) is 0 Å². The van der Waals surface area contributed by atoms with Crippen molar-refractivity contribution in [2.24, 2.45) is 0 Å². The van der Waals surface area contributed by atoms with Gasteiger partial charge in [0, 0.05) is 5.56 Å². The zero-order valence-electron chi connectivity index (χ0n) is 9.23. The molecule has 16 heavy (non-hydrogen) atoms. The summed E-state index contributed by atoms with van der Waals surface area (Å²) in [6, 6.07) is 18.4. The first kappa shape index (κ1) is 10.7. The van der Waals surface area contributed by atoms with Crippen molar-refractivity contribution >= 4 is 0 Å². The number of hydrogen-bond acceptors (Lipinski definition) is 1. The summed E-state index contributed by atoms with van der Waals surface area (Å²) in [6.07, 6.45) is 0. The van der Waals surface area contributed by atoms with E-state index < -0.39 is 0 Å². The van der Waals surface area contributed by atoms with Gasteiger partial charge in [-0.25, -0.2) is 0 Å². The van der Waals surface area contributed by atoms with E-state index in [1.54, 1.807) is 0 Å². The maximum absolute atomic E-state index is 5.68. The van der Waals surface area contributed by atoms with Gasteiger partial charge >= 0.3 is 0 Å². The van der Waals surface area contributed by atoms with Gasteiger partial charge in [0.2, 0.25) is 0 Å². The molecule has 0 aromatic heterocycles. The first-order valence-corrected chi connectivity index (χ1v) is 5.48. The third-order valence-corrected chi connectivity index (χ3v) is 2.37. The Hall–Kier alpha value is -1.80. The van der Waals surface area contributed by atoms with E-state index in [0.717, 1.165) is 17.9 Å². The van der Waals surface area contributed by atoms with Crippen molar-refractivity contribution in [3.8, 4) is 16.9 Å². The second kappa shape index (κ2) is 5.33. The third kappa shape index (κ3) is 2.41. The highest BCUT2D eigenvalue weighted by molar-refractivity contribution is 5.70. The molecule has 3 N–H and O–H groups in total. The van der Waals surface area contributed by atoms with Crippen LogP contribution in [0.1, 0.15) is 0 Å². The van der Waals surface area contributed by atoms with Crippen LogP contribution in [0.2, 0.25) is 0 Å². The third-order valence-electron chi connectivity index (χ3n) is 2.37. The fourth-order valence-corrected chi connectivity index (χ4v) is 1.63. The number of benzene rings is 2. The molecule has 0 spiro atoms. The highest BCUT2D eigenvalue weighted by atomic mass is 16.5.